The molecule has 28 heavy (non-hydrogen) atoms. The maximum atomic E-state index is 12.7. The monoisotopic (exact) mass is 393 g/mol. The lowest BCUT2D eigenvalue weighted by Crippen LogP contribution is -2.13. The second-order valence-corrected chi connectivity index (χ2v) is 6.88. The van der Waals surface area contributed by atoms with Crippen molar-refractivity contribution in [3.8, 4) is 22.8 Å². The second-order valence-electron chi connectivity index (χ2n) is 6.04. The van der Waals surface area contributed by atoms with E-state index in [1.54, 1.807) is 7.11 Å². The Balaban J connectivity index is 1.56. The van der Waals surface area contributed by atoms with Crippen LogP contribution in [0.15, 0.2) is 60.1 Å². The molecule has 0 aliphatic carbocycles. The van der Waals surface area contributed by atoms with Gasteiger partial charge in [-0.05, 0) is 55.5 Å². The van der Waals surface area contributed by atoms with E-state index in [4.69, 9.17) is 9.47 Å². The van der Waals surface area contributed by atoms with Crippen LogP contribution in [-0.4, -0.2) is 29.0 Å². The highest BCUT2D eigenvalue weighted by Crippen LogP contribution is 2.26. The van der Waals surface area contributed by atoms with Gasteiger partial charge in [0.1, 0.15) is 17.2 Å². The van der Waals surface area contributed by atoms with Gasteiger partial charge in [0.15, 0.2) is 4.96 Å². The molecule has 0 aliphatic rings. The lowest BCUT2D eigenvalue weighted by molar-refractivity contribution is 0.102. The first-order chi connectivity index (χ1) is 13.7. The second kappa shape index (κ2) is 7.74. The van der Waals surface area contributed by atoms with E-state index in [9.17, 15) is 4.79 Å². The van der Waals surface area contributed by atoms with Gasteiger partial charge < -0.3 is 14.8 Å². The molecule has 0 radical (unpaired) electrons. The molecule has 0 spiro atoms. The first-order valence-electron chi connectivity index (χ1n) is 8.83. The van der Waals surface area contributed by atoms with E-state index in [-0.39, 0.29) is 5.91 Å². The third-order valence-electron chi connectivity index (χ3n) is 4.25. The predicted molar refractivity (Wildman–Crippen MR) is 111 cm³/mol. The minimum Gasteiger partial charge on any atom is -0.497 e. The van der Waals surface area contributed by atoms with Gasteiger partial charge in [-0.3, -0.25) is 9.20 Å². The third kappa shape index (κ3) is 3.57. The molecule has 2 aromatic heterocycles. The van der Waals surface area contributed by atoms with Crippen LogP contribution in [0.1, 0.15) is 17.4 Å². The number of methoxy groups -OCH3 is 1. The van der Waals surface area contributed by atoms with E-state index >= 15 is 0 Å². The molecular formula is C21H19N3O3S. The molecule has 4 aromatic rings. The minimum atomic E-state index is -0.186. The lowest BCUT2D eigenvalue weighted by atomic mass is 10.2. The maximum absolute atomic E-state index is 12.7. The van der Waals surface area contributed by atoms with E-state index in [1.807, 2.05) is 71.4 Å². The number of amides is 1. The highest BCUT2D eigenvalue weighted by Gasteiger charge is 2.15. The molecule has 0 bridgehead atoms. The molecule has 0 unspecified atom stereocenters. The van der Waals surface area contributed by atoms with E-state index in [0.29, 0.717) is 18.0 Å². The molecule has 7 heteroatoms. The standard InChI is InChI=1S/C21H19N3O3S/c1-3-27-17-10-6-15(7-11-17)22-20(25)19-13-28-21-23-18(12-24(19)21)14-4-8-16(26-2)9-5-14/h4-13H,3H2,1-2H3,(H,22,25). The van der Waals surface area contributed by atoms with Crippen molar-refractivity contribution >= 4 is 27.9 Å². The molecule has 142 valence electrons. The average molecular weight is 393 g/mol. The van der Waals surface area contributed by atoms with Crippen LogP contribution in [0.25, 0.3) is 16.2 Å². The van der Waals surface area contributed by atoms with Gasteiger partial charge >= 0.3 is 0 Å². The van der Waals surface area contributed by atoms with Crippen LogP contribution >= 0.6 is 11.3 Å². The van der Waals surface area contributed by atoms with E-state index in [2.05, 4.69) is 10.3 Å². The topological polar surface area (TPSA) is 64.9 Å². The van der Waals surface area contributed by atoms with Gasteiger partial charge in [0, 0.05) is 22.8 Å². The van der Waals surface area contributed by atoms with Crippen molar-refractivity contribution in [2.24, 2.45) is 0 Å². The van der Waals surface area contributed by atoms with Crippen molar-refractivity contribution in [2.75, 3.05) is 19.0 Å². The molecule has 0 aliphatic heterocycles. The highest BCUT2D eigenvalue weighted by atomic mass is 32.1. The van der Waals surface area contributed by atoms with E-state index in [1.165, 1.54) is 11.3 Å². The maximum Gasteiger partial charge on any atom is 0.273 e. The van der Waals surface area contributed by atoms with Crippen molar-refractivity contribution in [1.82, 2.24) is 9.38 Å². The number of anilines is 1. The average Bonchev–Trinajstić information content (AvgIpc) is 3.30. The number of ether oxygens (including phenoxy) is 2. The van der Waals surface area contributed by atoms with Crippen LogP contribution in [0.4, 0.5) is 5.69 Å². The van der Waals surface area contributed by atoms with Crippen LogP contribution in [0.5, 0.6) is 11.5 Å². The van der Waals surface area contributed by atoms with Crippen LogP contribution < -0.4 is 14.8 Å². The van der Waals surface area contributed by atoms with Crippen molar-refractivity contribution in [3.05, 3.63) is 65.8 Å². The number of benzene rings is 2. The van der Waals surface area contributed by atoms with Gasteiger partial charge in [-0.25, -0.2) is 4.98 Å². The molecule has 6 nitrogen and oxygen atoms in total. The number of carbonyl (C=O) groups is 1. The minimum absolute atomic E-state index is 0.186. The Kier molecular flexibility index (Phi) is 4.99. The summed E-state index contributed by atoms with van der Waals surface area (Å²) >= 11 is 1.43. The zero-order valence-corrected chi connectivity index (χ0v) is 16.3. The van der Waals surface area contributed by atoms with Gasteiger partial charge in [-0.1, -0.05) is 0 Å². The SMILES string of the molecule is CCOc1ccc(NC(=O)c2csc3nc(-c4ccc(OC)cc4)cn23)cc1. The molecule has 2 aromatic carbocycles. The smallest absolute Gasteiger partial charge is 0.273 e. The van der Waals surface area contributed by atoms with Crippen molar-refractivity contribution in [3.63, 3.8) is 0 Å². The first kappa shape index (κ1) is 18.1. The molecule has 0 atom stereocenters. The summed E-state index contributed by atoms with van der Waals surface area (Å²) in [4.78, 5) is 18.1. The molecule has 2 heterocycles. The normalized spacial score (nSPS) is 10.8. The van der Waals surface area contributed by atoms with Crippen LogP contribution in [0, 0.1) is 0 Å². The Morgan fingerprint density at radius 3 is 2.50 bits per heavy atom. The summed E-state index contributed by atoms with van der Waals surface area (Å²) < 4.78 is 12.4. The number of nitrogens with one attached hydrogen (secondary N) is 1. The fourth-order valence-corrected chi connectivity index (χ4v) is 3.70. The Labute approximate surface area is 166 Å². The zero-order chi connectivity index (χ0) is 19.5. The number of hydrogen-bond donors (Lipinski definition) is 1. The molecule has 0 fully saturated rings. The van der Waals surface area contributed by atoms with Gasteiger partial charge in [0.25, 0.3) is 5.91 Å². The number of thiazole rings is 1. The van der Waals surface area contributed by atoms with Crippen molar-refractivity contribution in [1.29, 1.82) is 0 Å². The van der Waals surface area contributed by atoms with Crippen molar-refractivity contribution in [2.45, 2.75) is 6.92 Å². The zero-order valence-electron chi connectivity index (χ0n) is 15.5. The number of nitrogens with zero attached hydrogens (tertiary/aromatic N) is 2. The molecule has 0 saturated heterocycles. The quantitative estimate of drug-likeness (QED) is 0.515. The Morgan fingerprint density at radius 2 is 1.82 bits per heavy atom. The fourth-order valence-electron chi connectivity index (χ4n) is 2.84. The van der Waals surface area contributed by atoms with Crippen LogP contribution in [-0.2, 0) is 0 Å². The summed E-state index contributed by atoms with van der Waals surface area (Å²) in [5.74, 6) is 1.38. The summed E-state index contributed by atoms with van der Waals surface area (Å²) in [5, 5.41) is 4.73. The van der Waals surface area contributed by atoms with Crippen LogP contribution in [0.2, 0.25) is 0 Å². The Morgan fingerprint density at radius 1 is 1.11 bits per heavy atom. The number of rotatable bonds is 6. The van der Waals surface area contributed by atoms with Gasteiger partial charge in [-0.15, -0.1) is 11.3 Å². The lowest BCUT2D eigenvalue weighted by Gasteiger charge is -2.06. The Hall–Kier alpha value is -3.32. The van der Waals surface area contributed by atoms with Gasteiger partial charge in [-0.2, -0.15) is 0 Å². The summed E-state index contributed by atoms with van der Waals surface area (Å²) in [6, 6.07) is 15.0. The molecule has 0 saturated carbocycles. The van der Waals surface area contributed by atoms with E-state index < -0.39 is 0 Å². The highest BCUT2D eigenvalue weighted by molar-refractivity contribution is 7.15. The van der Waals surface area contributed by atoms with Crippen molar-refractivity contribution < 1.29 is 14.3 Å². The third-order valence-corrected chi connectivity index (χ3v) is 5.09. The largest absolute Gasteiger partial charge is 0.497 e. The molecule has 1 N–H and O–H groups in total. The summed E-state index contributed by atoms with van der Waals surface area (Å²) in [6.45, 7) is 2.54. The van der Waals surface area contributed by atoms with Gasteiger partial charge in [0.2, 0.25) is 0 Å². The Bertz CT molecular complexity index is 1100. The summed E-state index contributed by atoms with van der Waals surface area (Å²) in [5.41, 5.74) is 3.03. The number of carbonyl (C=O) groups excluding carboxylic acids is 1. The van der Waals surface area contributed by atoms with Gasteiger partial charge in [0.05, 0.1) is 19.4 Å². The number of fused-ring (bicyclic) bond motifs is 1. The van der Waals surface area contributed by atoms with E-state index in [0.717, 1.165) is 27.7 Å². The number of hydrogen-bond acceptors (Lipinski definition) is 5. The first-order valence-corrected chi connectivity index (χ1v) is 9.71. The summed E-state index contributed by atoms with van der Waals surface area (Å²) in [6.07, 6.45) is 1.88. The number of aromatic nitrogens is 2. The number of imidazole rings is 1. The predicted octanol–water partition coefficient (Wildman–Crippen LogP) is 4.72. The molecule has 4 rings (SSSR count). The summed E-state index contributed by atoms with van der Waals surface area (Å²) in [7, 11) is 1.64. The molecular weight excluding hydrogens is 374 g/mol. The molecule has 1 amide bonds. The fraction of sp³-hybridized carbons (Fsp3) is 0.143. The van der Waals surface area contributed by atoms with Crippen LogP contribution in [0.3, 0.4) is 0 Å².